The van der Waals surface area contributed by atoms with Gasteiger partial charge in [0.05, 0.1) is 5.38 Å². The molecular weight excluding hydrogens is 170 g/mol. The molecule has 0 aromatic carbocycles. The summed E-state index contributed by atoms with van der Waals surface area (Å²) < 4.78 is 0. The fourth-order valence-electron chi connectivity index (χ4n) is 2.11. The van der Waals surface area contributed by atoms with Crippen molar-refractivity contribution in [3.63, 3.8) is 0 Å². The molecule has 0 aromatic rings. The van der Waals surface area contributed by atoms with Gasteiger partial charge in [0.2, 0.25) is 0 Å². The number of nitrogens with zero attached hydrogens (tertiary/aromatic N) is 1. The van der Waals surface area contributed by atoms with Gasteiger partial charge in [0, 0.05) is 18.1 Å². The highest BCUT2D eigenvalue weighted by molar-refractivity contribution is 6.23. The molecular formula is C10H20ClN. The molecule has 0 N–H and O–H groups in total. The van der Waals surface area contributed by atoms with Gasteiger partial charge in [-0.2, -0.15) is 0 Å². The van der Waals surface area contributed by atoms with Crippen molar-refractivity contribution in [2.75, 3.05) is 0 Å². The number of halogens is 1. The van der Waals surface area contributed by atoms with E-state index in [1.54, 1.807) is 0 Å². The van der Waals surface area contributed by atoms with Gasteiger partial charge in [-0.25, -0.2) is 0 Å². The second kappa shape index (κ2) is 3.55. The zero-order valence-corrected chi connectivity index (χ0v) is 9.47. The molecule has 0 amide bonds. The lowest BCUT2D eigenvalue weighted by Gasteiger charge is -2.31. The molecule has 0 bridgehead atoms. The van der Waals surface area contributed by atoms with E-state index in [0.29, 0.717) is 29.4 Å². The highest BCUT2D eigenvalue weighted by Crippen LogP contribution is 2.42. The van der Waals surface area contributed by atoms with Crippen molar-refractivity contribution in [1.82, 2.24) is 4.90 Å². The van der Waals surface area contributed by atoms with Crippen molar-refractivity contribution in [3.05, 3.63) is 0 Å². The third-order valence-corrected chi connectivity index (χ3v) is 3.42. The van der Waals surface area contributed by atoms with E-state index in [0.717, 1.165) is 0 Å². The molecule has 1 saturated carbocycles. The summed E-state index contributed by atoms with van der Waals surface area (Å²) >= 11 is 6.14. The lowest BCUT2D eigenvalue weighted by Crippen LogP contribution is -2.40. The number of rotatable bonds is 3. The van der Waals surface area contributed by atoms with Crippen LogP contribution in [0.3, 0.4) is 0 Å². The van der Waals surface area contributed by atoms with Crippen molar-refractivity contribution in [2.24, 2.45) is 5.92 Å². The Labute approximate surface area is 81.1 Å². The summed E-state index contributed by atoms with van der Waals surface area (Å²) in [5.74, 6) is 0.677. The van der Waals surface area contributed by atoms with Gasteiger partial charge in [-0.3, -0.25) is 4.90 Å². The van der Waals surface area contributed by atoms with Gasteiger partial charge in [0.15, 0.2) is 0 Å². The van der Waals surface area contributed by atoms with Gasteiger partial charge in [0.1, 0.15) is 0 Å². The average molecular weight is 190 g/mol. The average Bonchev–Trinajstić information content (AvgIpc) is 2.44. The van der Waals surface area contributed by atoms with Crippen LogP contribution in [0.5, 0.6) is 0 Å². The maximum Gasteiger partial charge on any atom is 0.0535 e. The zero-order chi connectivity index (χ0) is 9.46. The highest BCUT2D eigenvalue weighted by Gasteiger charge is 2.50. The second-order valence-electron chi connectivity index (χ2n) is 4.43. The van der Waals surface area contributed by atoms with E-state index in [1.165, 1.54) is 0 Å². The van der Waals surface area contributed by atoms with Crippen LogP contribution < -0.4 is 0 Å². The Hall–Kier alpha value is 0.250. The second-order valence-corrected chi connectivity index (χ2v) is 4.93. The zero-order valence-electron chi connectivity index (χ0n) is 8.71. The van der Waals surface area contributed by atoms with Crippen LogP contribution in [0.1, 0.15) is 34.6 Å². The summed E-state index contributed by atoms with van der Waals surface area (Å²) in [6.45, 7) is 11.2. The van der Waals surface area contributed by atoms with E-state index in [-0.39, 0.29) is 0 Å². The molecule has 0 heterocycles. The van der Waals surface area contributed by atoms with E-state index < -0.39 is 0 Å². The summed E-state index contributed by atoms with van der Waals surface area (Å²) in [6.07, 6.45) is 0. The SMILES string of the molecule is CC1C(Cl)C1N(C(C)C)C(C)C. The Morgan fingerprint density at radius 2 is 1.42 bits per heavy atom. The topological polar surface area (TPSA) is 3.24 Å². The van der Waals surface area contributed by atoms with Crippen molar-refractivity contribution in [3.8, 4) is 0 Å². The van der Waals surface area contributed by atoms with E-state index in [2.05, 4.69) is 39.5 Å². The standard InChI is InChI=1S/C10H20ClN/c1-6(2)12(7(3)4)10-8(5)9(10)11/h6-10H,1-5H3. The van der Waals surface area contributed by atoms with Crippen LogP contribution in [0.15, 0.2) is 0 Å². The molecule has 0 saturated heterocycles. The van der Waals surface area contributed by atoms with E-state index in [4.69, 9.17) is 11.6 Å². The first kappa shape index (κ1) is 10.3. The van der Waals surface area contributed by atoms with Gasteiger partial charge < -0.3 is 0 Å². The molecule has 1 rings (SSSR count). The van der Waals surface area contributed by atoms with Crippen LogP contribution in [0.4, 0.5) is 0 Å². The number of hydrogen-bond donors (Lipinski definition) is 0. The molecule has 2 heteroatoms. The molecule has 3 atom stereocenters. The first-order valence-electron chi connectivity index (χ1n) is 4.88. The molecule has 1 nitrogen and oxygen atoms in total. The van der Waals surface area contributed by atoms with Gasteiger partial charge in [-0.1, -0.05) is 6.92 Å². The van der Waals surface area contributed by atoms with E-state index in [9.17, 15) is 0 Å². The molecule has 3 unspecified atom stereocenters. The fraction of sp³-hybridized carbons (Fsp3) is 1.00. The third kappa shape index (κ3) is 1.77. The Bertz CT molecular complexity index is 140. The van der Waals surface area contributed by atoms with Crippen molar-refractivity contribution < 1.29 is 0 Å². The normalized spacial score (nSPS) is 35.2. The predicted octanol–water partition coefficient (Wildman–Crippen LogP) is 2.73. The molecule has 0 aliphatic heterocycles. The van der Waals surface area contributed by atoms with Crippen molar-refractivity contribution in [1.29, 1.82) is 0 Å². The summed E-state index contributed by atoms with van der Waals surface area (Å²) in [6, 6.07) is 1.84. The number of hydrogen-bond acceptors (Lipinski definition) is 1. The van der Waals surface area contributed by atoms with Gasteiger partial charge >= 0.3 is 0 Å². The van der Waals surface area contributed by atoms with Crippen LogP contribution in [0, 0.1) is 5.92 Å². The Balaban J connectivity index is 2.56. The molecule has 72 valence electrons. The molecule has 12 heavy (non-hydrogen) atoms. The molecule has 0 aromatic heterocycles. The van der Waals surface area contributed by atoms with Crippen LogP contribution in [0.25, 0.3) is 0 Å². The molecule has 0 radical (unpaired) electrons. The number of alkyl halides is 1. The van der Waals surface area contributed by atoms with Gasteiger partial charge in [-0.15, -0.1) is 11.6 Å². The van der Waals surface area contributed by atoms with E-state index >= 15 is 0 Å². The Morgan fingerprint density at radius 3 is 1.50 bits per heavy atom. The summed E-state index contributed by atoms with van der Waals surface area (Å²) in [4.78, 5) is 2.52. The van der Waals surface area contributed by atoms with Crippen LogP contribution >= 0.6 is 11.6 Å². The third-order valence-electron chi connectivity index (χ3n) is 2.76. The monoisotopic (exact) mass is 189 g/mol. The summed E-state index contributed by atoms with van der Waals surface area (Å²) in [5, 5.41) is 0.384. The lowest BCUT2D eigenvalue weighted by atomic mass is 10.2. The first-order chi connectivity index (χ1) is 5.46. The summed E-state index contributed by atoms with van der Waals surface area (Å²) in [7, 11) is 0. The minimum atomic E-state index is 0.384. The van der Waals surface area contributed by atoms with E-state index in [1.807, 2.05) is 0 Å². The Kier molecular flexibility index (Phi) is 3.06. The molecule has 1 aliphatic rings. The minimum Gasteiger partial charge on any atom is -0.294 e. The van der Waals surface area contributed by atoms with Crippen LogP contribution in [-0.4, -0.2) is 28.4 Å². The summed E-state index contributed by atoms with van der Waals surface area (Å²) in [5.41, 5.74) is 0. The van der Waals surface area contributed by atoms with Gasteiger partial charge in [-0.05, 0) is 33.6 Å². The van der Waals surface area contributed by atoms with Crippen molar-refractivity contribution in [2.45, 2.75) is 58.1 Å². The maximum absolute atomic E-state index is 6.14. The minimum absolute atomic E-state index is 0.384. The fourth-order valence-corrected chi connectivity index (χ4v) is 2.54. The highest BCUT2D eigenvalue weighted by atomic mass is 35.5. The smallest absolute Gasteiger partial charge is 0.0535 e. The largest absolute Gasteiger partial charge is 0.294 e. The maximum atomic E-state index is 6.14. The molecule has 0 spiro atoms. The Morgan fingerprint density at radius 1 is 1.08 bits per heavy atom. The molecule has 1 fully saturated rings. The van der Waals surface area contributed by atoms with Gasteiger partial charge in [0.25, 0.3) is 0 Å². The lowest BCUT2D eigenvalue weighted by molar-refractivity contribution is 0.158. The van der Waals surface area contributed by atoms with Crippen LogP contribution in [-0.2, 0) is 0 Å². The molecule has 1 aliphatic carbocycles. The quantitative estimate of drug-likeness (QED) is 0.618. The predicted molar refractivity (Wildman–Crippen MR) is 54.7 cm³/mol. The van der Waals surface area contributed by atoms with Crippen molar-refractivity contribution >= 4 is 11.6 Å². The van der Waals surface area contributed by atoms with Crippen LogP contribution in [0.2, 0.25) is 0 Å². The first-order valence-corrected chi connectivity index (χ1v) is 5.32.